The summed E-state index contributed by atoms with van der Waals surface area (Å²) in [5.41, 5.74) is 0.982. The molecule has 2 saturated heterocycles. The zero-order valence-electron chi connectivity index (χ0n) is 21.2. The van der Waals surface area contributed by atoms with Crippen LogP contribution in [0.5, 0.6) is 5.75 Å². The van der Waals surface area contributed by atoms with Crippen LogP contribution in [-0.4, -0.2) is 52.6 Å². The molecule has 39 heavy (non-hydrogen) atoms. The van der Waals surface area contributed by atoms with Gasteiger partial charge in [-0.15, -0.1) is 0 Å². The number of thiazole rings is 1. The van der Waals surface area contributed by atoms with E-state index < -0.39 is 34.7 Å². The highest BCUT2D eigenvalue weighted by atomic mass is 32.2. The fourth-order valence-corrected chi connectivity index (χ4v) is 8.50. The van der Waals surface area contributed by atoms with E-state index in [1.807, 2.05) is 18.2 Å². The van der Waals surface area contributed by atoms with Crippen LogP contribution in [0.1, 0.15) is 35.6 Å². The molecular weight excluding hydrogens is 541 g/mol. The summed E-state index contributed by atoms with van der Waals surface area (Å²) >= 11 is 2.17. The van der Waals surface area contributed by atoms with Crippen LogP contribution < -0.4 is 14.5 Å². The minimum Gasteiger partial charge on any atom is -0.496 e. The largest absolute Gasteiger partial charge is 0.496 e. The number of benzene rings is 2. The first-order valence-electron chi connectivity index (χ1n) is 12.8. The summed E-state index contributed by atoms with van der Waals surface area (Å²) in [6, 6.07) is 12.5. The van der Waals surface area contributed by atoms with E-state index in [9.17, 15) is 23.6 Å². The SMILES string of the molecule is COc1ccccc1C1c2sc(=O)n(CC(=O)N3CCCCC3)c2SC2C(=O)N(c3ccc(F)cc3)C(=O)C21. The Morgan fingerprint density at radius 3 is 2.44 bits per heavy atom. The summed E-state index contributed by atoms with van der Waals surface area (Å²) in [6.07, 6.45) is 2.96. The van der Waals surface area contributed by atoms with Crippen LogP contribution in [0.2, 0.25) is 0 Å². The van der Waals surface area contributed by atoms with Gasteiger partial charge in [-0.05, 0) is 49.6 Å². The Morgan fingerprint density at radius 1 is 1.00 bits per heavy atom. The van der Waals surface area contributed by atoms with Gasteiger partial charge in [-0.1, -0.05) is 41.3 Å². The van der Waals surface area contributed by atoms with Gasteiger partial charge >= 0.3 is 4.87 Å². The molecule has 0 radical (unpaired) electrons. The van der Waals surface area contributed by atoms with Crippen LogP contribution in [0.4, 0.5) is 10.1 Å². The number of para-hydroxylation sites is 1. The number of rotatable bonds is 5. The van der Waals surface area contributed by atoms with Crippen molar-refractivity contribution in [2.45, 2.75) is 42.0 Å². The summed E-state index contributed by atoms with van der Waals surface area (Å²) in [6.45, 7) is 1.22. The van der Waals surface area contributed by atoms with Gasteiger partial charge in [-0.25, -0.2) is 9.29 Å². The monoisotopic (exact) mass is 567 g/mol. The molecule has 3 aliphatic rings. The van der Waals surface area contributed by atoms with Crippen molar-refractivity contribution in [3.63, 3.8) is 0 Å². The van der Waals surface area contributed by atoms with Crippen molar-refractivity contribution in [1.82, 2.24) is 9.47 Å². The summed E-state index contributed by atoms with van der Waals surface area (Å²) in [4.78, 5) is 57.4. The van der Waals surface area contributed by atoms with Crippen LogP contribution in [0, 0.1) is 11.7 Å². The molecule has 0 bridgehead atoms. The number of hydrogen-bond acceptors (Lipinski definition) is 7. The van der Waals surface area contributed by atoms with Crippen LogP contribution in [0.15, 0.2) is 58.4 Å². The van der Waals surface area contributed by atoms with E-state index in [-0.39, 0.29) is 17.3 Å². The molecule has 11 heteroatoms. The number of methoxy groups -OCH3 is 1. The van der Waals surface area contributed by atoms with Gasteiger partial charge in [0.1, 0.15) is 23.4 Å². The van der Waals surface area contributed by atoms with E-state index >= 15 is 0 Å². The number of carbonyl (C=O) groups is 3. The topological polar surface area (TPSA) is 88.9 Å². The number of hydrogen-bond donors (Lipinski definition) is 0. The van der Waals surface area contributed by atoms with Crippen LogP contribution in [-0.2, 0) is 20.9 Å². The first kappa shape index (κ1) is 25.8. The number of imide groups is 1. The molecule has 3 atom stereocenters. The number of aromatic nitrogens is 1. The molecule has 3 amide bonds. The molecule has 4 heterocycles. The standard InChI is InChI=1S/C28H26FN3O5S2/c1-37-19-8-4-3-7-18(19)21-22-23(26(35)32(25(22)34)17-11-9-16(29)10-12-17)38-27-24(21)39-28(36)31(27)15-20(33)30-13-5-2-6-14-30/h3-4,7-12,21-23H,2,5-6,13-15H2,1H3. The number of anilines is 1. The van der Waals surface area contributed by atoms with Crippen molar-refractivity contribution in [2.24, 2.45) is 5.92 Å². The van der Waals surface area contributed by atoms with Gasteiger partial charge < -0.3 is 9.64 Å². The Balaban J connectivity index is 1.46. The summed E-state index contributed by atoms with van der Waals surface area (Å²) in [5.74, 6) is -2.34. The molecule has 202 valence electrons. The van der Waals surface area contributed by atoms with Crippen molar-refractivity contribution in [2.75, 3.05) is 25.1 Å². The van der Waals surface area contributed by atoms with E-state index in [4.69, 9.17) is 4.74 Å². The second-order valence-electron chi connectivity index (χ2n) is 9.84. The molecule has 6 rings (SSSR count). The van der Waals surface area contributed by atoms with E-state index in [1.165, 1.54) is 35.9 Å². The van der Waals surface area contributed by atoms with Crippen molar-refractivity contribution in [3.05, 3.63) is 74.5 Å². The molecule has 0 saturated carbocycles. The summed E-state index contributed by atoms with van der Waals surface area (Å²) in [7, 11) is 1.53. The molecule has 0 N–H and O–H groups in total. The number of halogens is 1. The third-order valence-corrected chi connectivity index (χ3v) is 10.2. The average Bonchev–Trinajstić information content (AvgIpc) is 3.40. The van der Waals surface area contributed by atoms with E-state index in [2.05, 4.69) is 0 Å². The Labute approximate surface area is 232 Å². The van der Waals surface area contributed by atoms with Crippen LogP contribution in [0.3, 0.4) is 0 Å². The van der Waals surface area contributed by atoms with Gasteiger partial charge in [0.15, 0.2) is 0 Å². The molecule has 3 aliphatic heterocycles. The molecule has 0 aliphatic carbocycles. The fourth-order valence-electron chi connectivity index (χ4n) is 5.74. The average molecular weight is 568 g/mol. The zero-order chi connectivity index (χ0) is 27.3. The highest BCUT2D eigenvalue weighted by Gasteiger charge is 2.57. The van der Waals surface area contributed by atoms with Gasteiger partial charge in [-0.2, -0.15) is 0 Å². The number of piperidine rings is 1. The minimum absolute atomic E-state index is 0.114. The molecule has 1 aromatic heterocycles. The molecule has 2 aromatic carbocycles. The van der Waals surface area contributed by atoms with Crippen molar-refractivity contribution >= 4 is 46.5 Å². The molecule has 3 aromatic rings. The predicted octanol–water partition coefficient (Wildman–Crippen LogP) is 3.87. The zero-order valence-corrected chi connectivity index (χ0v) is 22.8. The molecular formula is C28H26FN3O5S2. The lowest BCUT2D eigenvalue weighted by atomic mass is 9.82. The Bertz CT molecular complexity index is 1510. The predicted molar refractivity (Wildman–Crippen MR) is 146 cm³/mol. The van der Waals surface area contributed by atoms with Gasteiger partial charge in [0.05, 0.1) is 23.7 Å². The van der Waals surface area contributed by atoms with E-state index in [1.54, 1.807) is 11.0 Å². The minimum atomic E-state index is -0.824. The second-order valence-corrected chi connectivity index (χ2v) is 12.0. The third kappa shape index (κ3) is 4.37. The molecule has 8 nitrogen and oxygen atoms in total. The highest BCUT2D eigenvalue weighted by Crippen LogP contribution is 2.55. The number of likely N-dealkylation sites (tertiary alicyclic amines) is 1. The Morgan fingerprint density at radius 2 is 1.72 bits per heavy atom. The summed E-state index contributed by atoms with van der Waals surface area (Å²) in [5, 5.41) is -0.287. The van der Waals surface area contributed by atoms with Crippen LogP contribution in [0.25, 0.3) is 0 Å². The molecule has 3 unspecified atom stereocenters. The lowest BCUT2D eigenvalue weighted by Gasteiger charge is -2.32. The molecule has 2 fully saturated rings. The maximum Gasteiger partial charge on any atom is 0.308 e. The van der Waals surface area contributed by atoms with Crippen LogP contribution >= 0.6 is 23.1 Å². The second kappa shape index (κ2) is 10.3. The van der Waals surface area contributed by atoms with E-state index in [0.717, 1.165) is 47.3 Å². The Kier molecular flexibility index (Phi) is 6.80. The Hall–Kier alpha value is -3.44. The first-order valence-corrected chi connectivity index (χ1v) is 14.5. The number of carbonyl (C=O) groups excluding carboxylic acids is 3. The highest BCUT2D eigenvalue weighted by molar-refractivity contribution is 8.00. The number of fused-ring (bicyclic) bond motifs is 2. The molecule has 0 spiro atoms. The van der Waals surface area contributed by atoms with Crippen molar-refractivity contribution in [1.29, 1.82) is 0 Å². The van der Waals surface area contributed by atoms with Gasteiger partial charge in [0, 0.05) is 29.4 Å². The number of nitrogens with zero attached hydrogens (tertiary/aromatic N) is 3. The normalized spacial score (nSPS) is 22.6. The third-order valence-electron chi connectivity index (χ3n) is 7.61. The maximum atomic E-state index is 13.9. The van der Waals surface area contributed by atoms with Crippen molar-refractivity contribution in [3.8, 4) is 5.75 Å². The quantitative estimate of drug-likeness (QED) is 0.435. The number of amides is 3. The van der Waals surface area contributed by atoms with Gasteiger partial charge in [0.2, 0.25) is 17.7 Å². The smallest absolute Gasteiger partial charge is 0.308 e. The van der Waals surface area contributed by atoms with Crippen molar-refractivity contribution < 1.29 is 23.5 Å². The first-order chi connectivity index (χ1) is 18.9. The van der Waals surface area contributed by atoms with E-state index in [0.29, 0.717) is 40.0 Å². The summed E-state index contributed by atoms with van der Waals surface area (Å²) < 4.78 is 20.7. The lowest BCUT2D eigenvalue weighted by Crippen LogP contribution is -2.39. The van der Waals surface area contributed by atoms with Gasteiger partial charge in [0.25, 0.3) is 0 Å². The fraction of sp³-hybridized carbons (Fsp3) is 0.357. The van der Waals surface area contributed by atoms with Gasteiger partial charge in [-0.3, -0.25) is 23.7 Å². The number of thioether (sulfide) groups is 1. The number of ether oxygens (including phenoxy) is 1. The lowest BCUT2D eigenvalue weighted by molar-refractivity contribution is -0.133. The maximum absolute atomic E-state index is 13.9.